The molecule has 0 fully saturated rings. The van der Waals surface area contributed by atoms with Gasteiger partial charge in [0.15, 0.2) is 0 Å². The summed E-state index contributed by atoms with van der Waals surface area (Å²) < 4.78 is 32.2. The molecule has 0 saturated heterocycles. The van der Waals surface area contributed by atoms with Crippen LogP contribution in [-0.2, 0) is 32.6 Å². The highest BCUT2D eigenvalue weighted by molar-refractivity contribution is 7.92. The number of nitrogens with one attached hydrogen (secondary N) is 1. The van der Waals surface area contributed by atoms with Crippen molar-refractivity contribution in [2.75, 3.05) is 30.8 Å². The predicted octanol–water partition coefficient (Wildman–Crippen LogP) is 3.94. The van der Waals surface area contributed by atoms with Crippen molar-refractivity contribution in [1.82, 2.24) is 10.2 Å². The number of aryl methyl sites for hydroxylation is 1. The molecule has 3 aromatic rings. The lowest BCUT2D eigenvalue weighted by atomic mass is 10.0. The highest BCUT2D eigenvalue weighted by Crippen LogP contribution is 2.24. The zero-order chi connectivity index (χ0) is 28.4. The minimum Gasteiger partial charge on any atom is -0.497 e. The molecule has 3 rings (SSSR count). The van der Waals surface area contributed by atoms with Crippen LogP contribution >= 0.6 is 0 Å². The minimum atomic E-state index is -3.81. The van der Waals surface area contributed by atoms with Crippen molar-refractivity contribution < 1.29 is 22.7 Å². The SMILES string of the molecule is CCCNC(=O)[C@H](Cc1ccccc1)N(Cc1cccc(OC)c1)C(=O)CN(c1ccccc1C)S(C)(=O)=O. The van der Waals surface area contributed by atoms with Crippen LogP contribution < -0.4 is 14.4 Å². The van der Waals surface area contributed by atoms with Crippen LogP contribution in [-0.4, -0.2) is 57.6 Å². The second-order valence-electron chi connectivity index (χ2n) is 9.43. The first-order valence-electron chi connectivity index (χ1n) is 12.9. The number of anilines is 1. The number of benzene rings is 3. The quantitative estimate of drug-likeness (QED) is 0.347. The molecule has 0 unspecified atom stereocenters. The Labute approximate surface area is 231 Å². The summed E-state index contributed by atoms with van der Waals surface area (Å²) in [6, 6.07) is 22.9. The Morgan fingerprint density at radius 2 is 1.62 bits per heavy atom. The maximum atomic E-state index is 14.1. The first kappa shape index (κ1) is 29.7. The lowest BCUT2D eigenvalue weighted by Gasteiger charge is -2.33. The third kappa shape index (κ3) is 8.32. The number of carbonyl (C=O) groups is 2. The van der Waals surface area contributed by atoms with Crippen LogP contribution in [0.2, 0.25) is 0 Å². The molecule has 2 amide bonds. The fourth-order valence-corrected chi connectivity index (χ4v) is 5.23. The monoisotopic (exact) mass is 551 g/mol. The van der Waals surface area contributed by atoms with Crippen LogP contribution in [0.4, 0.5) is 5.69 Å². The zero-order valence-electron chi connectivity index (χ0n) is 23.0. The Morgan fingerprint density at radius 1 is 0.949 bits per heavy atom. The molecular formula is C30H37N3O5S. The molecule has 208 valence electrons. The van der Waals surface area contributed by atoms with Gasteiger partial charge in [0, 0.05) is 19.5 Å². The number of rotatable bonds is 13. The first-order chi connectivity index (χ1) is 18.6. The maximum absolute atomic E-state index is 14.1. The van der Waals surface area contributed by atoms with Crippen LogP contribution in [0, 0.1) is 6.92 Å². The summed E-state index contributed by atoms with van der Waals surface area (Å²) in [6.07, 6.45) is 2.09. The second kappa shape index (κ2) is 13.8. The molecule has 0 spiro atoms. The van der Waals surface area contributed by atoms with E-state index in [-0.39, 0.29) is 18.9 Å². The third-order valence-electron chi connectivity index (χ3n) is 6.37. The number of carbonyl (C=O) groups excluding carboxylic acids is 2. The van der Waals surface area contributed by atoms with Crippen molar-refractivity contribution in [2.24, 2.45) is 0 Å². The molecule has 0 radical (unpaired) electrons. The summed E-state index contributed by atoms with van der Waals surface area (Å²) in [5.74, 6) is -0.162. The Bertz CT molecular complexity index is 1360. The van der Waals surface area contributed by atoms with Gasteiger partial charge in [0.2, 0.25) is 21.8 Å². The molecule has 0 saturated carbocycles. The van der Waals surface area contributed by atoms with Crippen LogP contribution in [0.1, 0.15) is 30.0 Å². The molecule has 0 aliphatic carbocycles. The van der Waals surface area contributed by atoms with Gasteiger partial charge in [-0.3, -0.25) is 13.9 Å². The van der Waals surface area contributed by atoms with E-state index in [2.05, 4.69) is 5.32 Å². The first-order valence-corrected chi connectivity index (χ1v) is 14.8. The maximum Gasteiger partial charge on any atom is 0.244 e. The van der Waals surface area contributed by atoms with Crippen molar-refractivity contribution in [3.63, 3.8) is 0 Å². The molecule has 8 nitrogen and oxygen atoms in total. The average Bonchev–Trinajstić information content (AvgIpc) is 2.92. The summed E-state index contributed by atoms with van der Waals surface area (Å²) >= 11 is 0. The topological polar surface area (TPSA) is 96.0 Å². The van der Waals surface area contributed by atoms with E-state index in [0.717, 1.165) is 33.7 Å². The highest BCUT2D eigenvalue weighted by atomic mass is 32.2. The molecule has 3 aromatic carbocycles. The largest absolute Gasteiger partial charge is 0.497 e. The van der Waals surface area contributed by atoms with Crippen molar-refractivity contribution >= 4 is 27.5 Å². The summed E-state index contributed by atoms with van der Waals surface area (Å²) in [7, 11) is -2.25. The molecule has 1 atom stereocenters. The molecule has 0 bridgehead atoms. The number of hydrogen-bond acceptors (Lipinski definition) is 5. The zero-order valence-corrected chi connectivity index (χ0v) is 23.8. The standard InChI is InChI=1S/C30H37N3O5S/c1-5-18-31-30(35)28(20-24-13-7-6-8-14-24)32(21-25-15-11-16-26(19-25)38-3)29(34)22-33(39(4,36)37)27-17-10-9-12-23(27)2/h6-17,19,28H,5,18,20-22H2,1-4H3,(H,31,35)/t28-/m0/s1. The van der Waals surface area contributed by atoms with E-state index in [1.54, 1.807) is 44.4 Å². The Balaban J connectivity index is 2.06. The Hall–Kier alpha value is -3.85. The number of sulfonamides is 1. The van der Waals surface area contributed by atoms with Gasteiger partial charge in [-0.15, -0.1) is 0 Å². The van der Waals surface area contributed by atoms with Gasteiger partial charge in [-0.05, 0) is 48.2 Å². The predicted molar refractivity (Wildman–Crippen MR) is 154 cm³/mol. The van der Waals surface area contributed by atoms with E-state index < -0.39 is 28.5 Å². The molecule has 0 aliphatic heterocycles. The van der Waals surface area contributed by atoms with Gasteiger partial charge >= 0.3 is 0 Å². The van der Waals surface area contributed by atoms with Crippen molar-refractivity contribution in [1.29, 1.82) is 0 Å². The van der Waals surface area contributed by atoms with E-state index >= 15 is 0 Å². The van der Waals surface area contributed by atoms with Crippen LogP contribution in [0.25, 0.3) is 0 Å². The van der Waals surface area contributed by atoms with Gasteiger partial charge in [-0.1, -0.05) is 67.6 Å². The van der Waals surface area contributed by atoms with Gasteiger partial charge in [0.05, 0.1) is 19.1 Å². The average molecular weight is 552 g/mol. The summed E-state index contributed by atoms with van der Waals surface area (Å²) in [6.45, 7) is 3.86. The third-order valence-corrected chi connectivity index (χ3v) is 7.50. The van der Waals surface area contributed by atoms with Crippen LogP contribution in [0.5, 0.6) is 5.75 Å². The molecular weight excluding hydrogens is 514 g/mol. The molecule has 0 aliphatic rings. The Morgan fingerprint density at radius 3 is 2.26 bits per heavy atom. The van der Waals surface area contributed by atoms with E-state index in [9.17, 15) is 18.0 Å². The van der Waals surface area contributed by atoms with Crippen molar-refractivity contribution in [3.05, 3.63) is 95.6 Å². The smallest absolute Gasteiger partial charge is 0.244 e. The number of ether oxygens (including phenoxy) is 1. The normalized spacial score (nSPS) is 11.9. The molecule has 9 heteroatoms. The van der Waals surface area contributed by atoms with Gasteiger partial charge < -0.3 is 15.0 Å². The highest BCUT2D eigenvalue weighted by Gasteiger charge is 2.33. The molecule has 0 aromatic heterocycles. The minimum absolute atomic E-state index is 0.0957. The lowest BCUT2D eigenvalue weighted by molar-refractivity contribution is -0.140. The fraction of sp³-hybridized carbons (Fsp3) is 0.333. The summed E-state index contributed by atoms with van der Waals surface area (Å²) in [5, 5.41) is 2.93. The number of methoxy groups -OCH3 is 1. The number of hydrogen-bond donors (Lipinski definition) is 1. The second-order valence-corrected chi connectivity index (χ2v) is 11.3. The number of amides is 2. The number of nitrogens with zero attached hydrogens (tertiary/aromatic N) is 2. The number of para-hydroxylation sites is 1. The van der Waals surface area contributed by atoms with Crippen molar-refractivity contribution in [3.8, 4) is 5.75 Å². The lowest BCUT2D eigenvalue weighted by Crippen LogP contribution is -2.53. The summed E-state index contributed by atoms with van der Waals surface area (Å²) in [4.78, 5) is 29.0. The van der Waals surface area contributed by atoms with E-state index in [0.29, 0.717) is 18.0 Å². The molecule has 39 heavy (non-hydrogen) atoms. The van der Waals surface area contributed by atoms with E-state index in [1.807, 2.05) is 55.5 Å². The van der Waals surface area contributed by atoms with Crippen molar-refractivity contribution in [2.45, 2.75) is 39.3 Å². The van der Waals surface area contributed by atoms with Gasteiger partial charge in [-0.2, -0.15) is 0 Å². The molecule has 0 heterocycles. The van der Waals surface area contributed by atoms with Gasteiger partial charge in [0.25, 0.3) is 0 Å². The summed E-state index contributed by atoms with van der Waals surface area (Å²) in [5.41, 5.74) is 2.78. The Kier molecular flexibility index (Phi) is 10.5. The van der Waals surface area contributed by atoms with Gasteiger partial charge in [-0.25, -0.2) is 8.42 Å². The van der Waals surface area contributed by atoms with E-state index in [1.165, 1.54) is 4.90 Å². The van der Waals surface area contributed by atoms with Crippen LogP contribution in [0.15, 0.2) is 78.9 Å². The van der Waals surface area contributed by atoms with E-state index in [4.69, 9.17) is 4.74 Å². The fourth-order valence-electron chi connectivity index (χ4n) is 4.33. The van der Waals surface area contributed by atoms with Gasteiger partial charge in [0.1, 0.15) is 18.3 Å². The molecule has 1 N–H and O–H groups in total. The van der Waals surface area contributed by atoms with Crippen LogP contribution in [0.3, 0.4) is 0 Å².